The molecular formula is C22H25N3O3. The fourth-order valence-electron chi connectivity index (χ4n) is 3.50. The maximum Gasteiger partial charge on any atom is 0.411 e. The molecule has 0 radical (unpaired) electrons. The van der Waals surface area contributed by atoms with E-state index in [9.17, 15) is 9.59 Å². The molecule has 3 aromatic rings. The highest BCUT2D eigenvalue weighted by molar-refractivity contribution is 6.08. The van der Waals surface area contributed by atoms with Crippen molar-refractivity contribution in [2.45, 2.75) is 26.9 Å². The summed E-state index contributed by atoms with van der Waals surface area (Å²) in [5.74, 6) is 0.278. The summed E-state index contributed by atoms with van der Waals surface area (Å²) in [7, 11) is 1.31. The first kappa shape index (κ1) is 19.6. The first-order chi connectivity index (χ1) is 13.5. The Morgan fingerprint density at radius 1 is 1.14 bits per heavy atom. The van der Waals surface area contributed by atoms with Gasteiger partial charge in [-0.25, -0.2) is 4.79 Å². The molecule has 1 heterocycles. The number of hydrogen-bond acceptors (Lipinski definition) is 4. The number of fused-ring (bicyclic) bond motifs is 1. The van der Waals surface area contributed by atoms with Gasteiger partial charge in [0, 0.05) is 35.1 Å². The van der Waals surface area contributed by atoms with Crippen LogP contribution in [-0.2, 0) is 17.8 Å². The molecule has 0 bridgehead atoms. The highest BCUT2D eigenvalue weighted by Crippen LogP contribution is 2.35. The molecule has 0 fully saturated rings. The number of rotatable bonds is 5. The largest absolute Gasteiger partial charge is 0.453 e. The normalized spacial score (nSPS) is 11.0. The van der Waals surface area contributed by atoms with Crippen molar-refractivity contribution in [3.63, 3.8) is 0 Å². The zero-order valence-electron chi connectivity index (χ0n) is 16.4. The number of carbonyl (C=O) groups excluding carboxylic acids is 1. The first-order valence-electron chi connectivity index (χ1n) is 9.26. The quantitative estimate of drug-likeness (QED) is 0.702. The molecule has 0 spiro atoms. The maximum atomic E-state index is 13.3. The van der Waals surface area contributed by atoms with Crippen LogP contribution in [-0.4, -0.2) is 17.8 Å². The van der Waals surface area contributed by atoms with E-state index in [-0.39, 0.29) is 18.0 Å². The number of nitrogens with zero attached hydrogens (tertiary/aromatic N) is 1. The monoisotopic (exact) mass is 379 g/mol. The summed E-state index contributed by atoms with van der Waals surface area (Å²) in [6.07, 6.45) is -0.591. The Labute approximate surface area is 163 Å². The molecule has 6 heteroatoms. The molecule has 6 nitrogen and oxygen atoms in total. The van der Waals surface area contributed by atoms with E-state index in [0.29, 0.717) is 23.0 Å². The van der Waals surface area contributed by atoms with Gasteiger partial charge >= 0.3 is 6.09 Å². The molecule has 0 saturated carbocycles. The maximum absolute atomic E-state index is 13.3. The third-order valence-electron chi connectivity index (χ3n) is 4.63. The summed E-state index contributed by atoms with van der Waals surface area (Å²) in [6.45, 7) is 4.90. The number of carbonyl (C=O) groups is 1. The van der Waals surface area contributed by atoms with Crippen LogP contribution < -0.4 is 16.6 Å². The van der Waals surface area contributed by atoms with Gasteiger partial charge in [0.2, 0.25) is 0 Å². The number of aromatic nitrogens is 1. The molecule has 0 aliphatic rings. The molecule has 3 N–H and O–H groups in total. The van der Waals surface area contributed by atoms with Crippen molar-refractivity contribution < 1.29 is 9.53 Å². The van der Waals surface area contributed by atoms with Gasteiger partial charge in [-0.15, -0.1) is 0 Å². The van der Waals surface area contributed by atoms with Crippen molar-refractivity contribution in [3.8, 4) is 11.1 Å². The molecule has 1 amide bonds. The molecule has 0 aliphatic heterocycles. The molecule has 0 aliphatic carbocycles. The highest BCUT2D eigenvalue weighted by Gasteiger charge is 2.20. The lowest BCUT2D eigenvalue weighted by molar-refractivity contribution is 0.187. The summed E-state index contributed by atoms with van der Waals surface area (Å²) in [5.41, 5.74) is 9.07. The zero-order valence-corrected chi connectivity index (χ0v) is 16.4. The van der Waals surface area contributed by atoms with E-state index in [2.05, 4.69) is 19.2 Å². The Morgan fingerprint density at radius 3 is 2.46 bits per heavy atom. The van der Waals surface area contributed by atoms with Crippen LogP contribution in [0.3, 0.4) is 0 Å². The average Bonchev–Trinajstić information content (AvgIpc) is 2.70. The number of methoxy groups -OCH3 is 1. The summed E-state index contributed by atoms with van der Waals surface area (Å²) in [4.78, 5) is 25.2. The first-order valence-corrected chi connectivity index (χ1v) is 9.26. The minimum Gasteiger partial charge on any atom is -0.453 e. The van der Waals surface area contributed by atoms with Crippen molar-refractivity contribution in [1.29, 1.82) is 0 Å². The van der Waals surface area contributed by atoms with Gasteiger partial charge in [0.15, 0.2) is 0 Å². The van der Waals surface area contributed by atoms with Gasteiger partial charge in [0.1, 0.15) is 0 Å². The van der Waals surface area contributed by atoms with E-state index < -0.39 is 6.09 Å². The minimum atomic E-state index is -0.591. The van der Waals surface area contributed by atoms with Gasteiger partial charge in [-0.05, 0) is 23.6 Å². The molecule has 3 rings (SSSR count). The summed E-state index contributed by atoms with van der Waals surface area (Å²) in [5, 5.41) is 3.94. The van der Waals surface area contributed by atoms with E-state index in [1.165, 1.54) is 7.11 Å². The topological polar surface area (TPSA) is 86.3 Å². The van der Waals surface area contributed by atoms with Gasteiger partial charge in [0.05, 0.1) is 12.8 Å². The van der Waals surface area contributed by atoms with E-state index >= 15 is 0 Å². The fraction of sp³-hybridized carbons (Fsp3) is 0.273. The molecule has 146 valence electrons. The summed E-state index contributed by atoms with van der Waals surface area (Å²) < 4.78 is 6.51. The van der Waals surface area contributed by atoms with Crippen LogP contribution in [0, 0.1) is 5.92 Å². The van der Waals surface area contributed by atoms with Crippen LogP contribution in [0.5, 0.6) is 0 Å². The lowest BCUT2D eigenvalue weighted by Gasteiger charge is -2.22. The lowest BCUT2D eigenvalue weighted by atomic mass is 9.95. The Hall–Kier alpha value is -3.12. The third-order valence-corrected chi connectivity index (χ3v) is 4.63. The Kier molecular flexibility index (Phi) is 5.80. The third kappa shape index (κ3) is 3.64. The van der Waals surface area contributed by atoms with Gasteiger partial charge in [0.25, 0.3) is 5.56 Å². The van der Waals surface area contributed by atoms with Gasteiger partial charge < -0.3 is 15.0 Å². The number of pyridine rings is 1. The molecule has 1 aromatic heterocycles. The molecule has 2 aromatic carbocycles. The van der Waals surface area contributed by atoms with Crippen LogP contribution in [0.15, 0.2) is 53.3 Å². The van der Waals surface area contributed by atoms with Crippen LogP contribution >= 0.6 is 0 Å². The smallest absolute Gasteiger partial charge is 0.411 e. The van der Waals surface area contributed by atoms with Crippen LogP contribution in [0.2, 0.25) is 0 Å². The van der Waals surface area contributed by atoms with Crippen molar-refractivity contribution in [1.82, 2.24) is 4.57 Å². The second kappa shape index (κ2) is 8.27. The number of nitrogens with one attached hydrogen (secondary N) is 1. The van der Waals surface area contributed by atoms with E-state index in [1.807, 2.05) is 30.3 Å². The average molecular weight is 379 g/mol. The van der Waals surface area contributed by atoms with Crippen molar-refractivity contribution >= 4 is 22.6 Å². The second-order valence-electron chi connectivity index (χ2n) is 7.05. The number of amides is 1. The molecule has 0 saturated heterocycles. The number of nitrogens with two attached hydrogens (primary N) is 1. The predicted molar refractivity (Wildman–Crippen MR) is 112 cm³/mol. The van der Waals surface area contributed by atoms with Crippen molar-refractivity contribution in [2.75, 3.05) is 12.4 Å². The number of anilines is 1. The van der Waals surface area contributed by atoms with E-state index in [0.717, 1.165) is 16.8 Å². The Balaban J connectivity index is 2.47. The van der Waals surface area contributed by atoms with Gasteiger partial charge in [-0.3, -0.25) is 10.1 Å². The molecular weight excluding hydrogens is 354 g/mol. The van der Waals surface area contributed by atoms with Crippen LogP contribution in [0.4, 0.5) is 10.5 Å². The summed E-state index contributed by atoms with van der Waals surface area (Å²) in [6, 6.07) is 15.1. The zero-order chi connectivity index (χ0) is 20.3. The fourth-order valence-corrected chi connectivity index (χ4v) is 3.50. The second-order valence-corrected chi connectivity index (χ2v) is 7.05. The Bertz CT molecular complexity index is 1060. The number of ether oxygens (including phenoxy) is 1. The van der Waals surface area contributed by atoms with Crippen molar-refractivity contribution in [3.05, 3.63) is 64.6 Å². The minimum absolute atomic E-state index is 0.114. The highest BCUT2D eigenvalue weighted by atomic mass is 16.5. The van der Waals surface area contributed by atoms with Crippen LogP contribution in [0.1, 0.15) is 19.5 Å². The van der Waals surface area contributed by atoms with Crippen LogP contribution in [0.25, 0.3) is 21.9 Å². The van der Waals surface area contributed by atoms with E-state index in [1.54, 1.807) is 22.8 Å². The predicted octanol–water partition coefficient (Wildman–Crippen LogP) is 3.96. The number of hydrogen-bond donors (Lipinski definition) is 2. The standard InChI is InChI=1S/C22H25N3O3/c1-14(2)13-25-18(12-23)19(15-8-5-4-6-9-15)20-16(21(25)26)10-7-11-17(20)24-22(27)28-3/h4-11,14H,12-13,23H2,1-3H3,(H,24,27). The molecule has 0 atom stereocenters. The van der Waals surface area contributed by atoms with E-state index in [4.69, 9.17) is 10.5 Å². The summed E-state index contributed by atoms with van der Waals surface area (Å²) >= 11 is 0. The van der Waals surface area contributed by atoms with Gasteiger partial charge in [-0.1, -0.05) is 50.2 Å². The SMILES string of the molecule is COC(=O)Nc1cccc2c(=O)n(CC(C)C)c(CN)c(-c3ccccc3)c12. The molecule has 0 unspecified atom stereocenters. The lowest BCUT2D eigenvalue weighted by Crippen LogP contribution is -2.28. The van der Waals surface area contributed by atoms with Gasteiger partial charge in [-0.2, -0.15) is 0 Å². The Morgan fingerprint density at radius 2 is 1.86 bits per heavy atom. The van der Waals surface area contributed by atoms with Crippen molar-refractivity contribution in [2.24, 2.45) is 11.7 Å². The number of benzene rings is 2. The molecule has 28 heavy (non-hydrogen) atoms.